The van der Waals surface area contributed by atoms with E-state index in [1.165, 1.54) is 6.20 Å². The molecular formula is C16H17N3O4. The Balaban J connectivity index is 2.23. The van der Waals surface area contributed by atoms with Gasteiger partial charge in [-0.15, -0.1) is 0 Å². The van der Waals surface area contributed by atoms with Gasteiger partial charge < -0.3 is 14.8 Å². The van der Waals surface area contributed by atoms with Gasteiger partial charge in [0.2, 0.25) is 0 Å². The molecule has 0 atom stereocenters. The van der Waals surface area contributed by atoms with Crippen LogP contribution in [0, 0.1) is 0 Å². The minimum atomic E-state index is -0.737. The molecule has 23 heavy (non-hydrogen) atoms. The van der Waals surface area contributed by atoms with Crippen molar-refractivity contribution in [2.45, 2.75) is 13.8 Å². The Morgan fingerprint density at radius 3 is 2.26 bits per heavy atom. The number of hydrogen-bond donors (Lipinski definition) is 1. The third-order valence-electron chi connectivity index (χ3n) is 2.84. The molecule has 0 saturated heterocycles. The minimum Gasteiger partial charge on any atom is -0.462 e. The van der Waals surface area contributed by atoms with Crippen LogP contribution in [-0.2, 0) is 19.1 Å². The quantitative estimate of drug-likeness (QED) is 0.377. The molecule has 0 radical (unpaired) electrons. The molecule has 1 aromatic carbocycles. The molecule has 0 aliphatic heterocycles. The zero-order valence-electron chi connectivity index (χ0n) is 12.9. The van der Waals surface area contributed by atoms with Crippen molar-refractivity contribution in [1.29, 1.82) is 0 Å². The highest BCUT2D eigenvalue weighted by Crippen LogP contribution is 2.15. The molecule has 0 saturated carbocycles. The molecule has 2 aromatic rings. The first-order chi connectivity index (χ1) is 11.2. The lowest BCUT2D eigenvalue weighted by Gasteiger charge is -2.08. The highest BCUT2D eigenvalue weighted by molar-refractivity contribution is 6.14. The van der Waals surface area contributed by atoms with Gasteiger partial charge in [-0.3, -0.25) is 9.97 Å². The van der Waals surface area contributed by atoms with Crippen molar-refractivity contribution in [3.05, 3.63) is 42.4 Å². The summed E-state index contributed by atoms with van der Waals surface area (Å²) in [4.78, 5) is 32.0. The number of nitrogens with one attached hydrogen (secondary N) is 1. The van der Waals surface area contributed by atoms with Crippen molar-refractivity contribution in [1.82, 2.24) is 9.97 Å². The zero-order chi connectivity index (χ0) is 16.7. The minimum absolute atomic E-state index is 0.168. The Kier molecular flexibility index (Phi) is 5.62. The summed E-state index contributed by atoms with van der Waals surface area (Å²) in [5.41, 5.74) is 1.90. The van der Waals surface area contributed by atoms with Crippen LogP contribution in [0.1, 0.15) is 13.8 Å². The lowest BCUT2D eigenvalue weighted by atomic mass is 10.2. The molecule has 0 fully saturated rings. The highest BCUT2D eigenvalue weighted by atomic mass is 16.6. The van der Waals surface area contributed by atoms with Crippen LogP contribution in [0.3, 0.4) is 0 Å². The van der Waals surface area contributed by atoms with Crippen LogP contribution in [-0.4, -0.2) is 35.1 Å². The van der Waals surface area contributed by atoms with Crippen molar-refractivity contribution in [3.8, 4) is 0 Å². The van der Waals surface area contributed by atoms with Crippen LogP contribution in [0.25, 0.3) is 11.0 Å². The van der Waals surface area contributed by atoms with Crippen LogP contribution in [0.2, 0.25) is 0 Å². The first-order valence-electron chi connectivity index (χ1n) is 7.17. The Labute approximate surface area is 133 Å². The van der Waals surface area contributed by atoms with Gasteiger partial charge in [0.1, 0.15) is 0 Å². The van der Waals surface area contributed by atoms with Gasteiger partial charge in [0, 0.05) is 24.3 Å². The monoisotopic (exact) mass is 315 g/mol. The second-order valence-electron chi connectivity index (χ2n) is 4.40. The van der Waals surface area contributed by atoms with Crippen LogP contribution in [0.5, 0.6) is 0 Å². The Hall–Kier alpha value is -2.96. The van der Waals surface area contributed by atoms with Gasteiger partial charge in [0.15, 0.2) is 5.57 Å². The second-order valence-corrected chi connectivity index (χ2v) is 4.40. The molecule has 120 valence electrons. The zero-order valence-corrected chi connectivity index (χ0v) is 12.9. The van der Waals surface area contributed by atoms with Crippen LogP contribution >= 0.6 is 0 Å². The second kappa shape index (κ2) is 7.88. The lowest BCUT2D eigenvalue weighted by molar-refractivity contribution is -0.146. The van der Waals surface area contributed by atoms with E-state index in [-0.39, 0.29) is 18.8 Å². The molecule has 1 N–H and O–H groups in total. The molecule has 0 amide bonds. The molecule has 1 heterocycles. The number of benzene rings is 1. The smallest absolute Gasteiger partial charge is 0.347 e. The molecule has 0 bridgehead atoms. The molecule has 2 rings (SSSR count). The van der Waals surface area contributed by atoms with Gasteiger partial charge in [-0.1, -0.05) is 0 Å². The van der Waals surface area contributed by atoms with E-state index in [9.17, 15) is 9.59 Å². The average molecular weight is 315 g/mol. The highest BCUT2D eigenvalue weighted by Gasteiger charge is 2.20. The summed E-state index contributed by atoms with van der Waals surface area (Å²) in [6.07, 6.45) is 4.47. The fourth-order valence-electron chi connectivity index (χ4n) is 1.83. The largest absolute Gasteiger partial charge is 0.462 e. The van der Waals surface area contributed by atoms with Crippen LogP contribution in [0.15, 0.2) is 42.4 Å². The van der Waals surface area contributed by atoms with E-state index in [1.807, 2.05) is 0 Å². The number of carbonyl (C=O) groups is 2. The molecule has 0 aliphatic rings. The number of rotatable bonds is 6. The van der Waals surface area contributed by atoms with Crippen LogP contribution in [0.4, 0.5) is 5.69 Å². The van der Waals surface area contributed by atoms with E-state index >= 15 is 0 Å². The van der Waals surface area contributed by atoms with Crippen LogP contribution < -0.4 is 5.32 Å². The number of hydrogen-bond acceptors (Lipinski definition) is 7. The van der Waals surface area contributed by atoms with Crippen molar-refractivity contribution >= 4 is 28.7 Å². The van der Waals surface area contributed by atoms with Crippen molar-refractivity contribution in [3.63, 3.8) is 0 Å². The van der Waals surface area contributed by atoms with Gasteiger partial charge in [0.05, 0.1) is 24.2 Å². The standard InChI is InChI=1S/C16H17N3O4/c1-3-22-15(20)12(16(21)23-4-2)10-19-11-5-6-13-14(9-11)18-8-7-17-13/h5-10,19H,3-4H2,1-2H3. The normalized spacial score (nSPS) is 10.0. The summed E-state index contributed by atoms with van der Waals surface area (Å²) < 4.78 is 9.72. The number of nitrogens with zero attached hydrogens (tertiary/aromatic N) is 2. The number of fused-ring (bicyclic) bond motifs is 1. The van der Waals surface area contributed by atoms with Gasteiger partial charge in [-0.25, -0.2) is 9.59 Å². The van der Waals surface area contributed by atoms with Crippen molar-refractivity contribution in [2.24, 2.45) is 0 Å². The van der Waals surface area contributed by atoms with Crippen molar-refractivity contribution in [2.75, 3.05) is 18.5 Å². The van der Waals surface area contributed by atoms with Gasteiger partial charge >= 0.3 is 11.9 Å². The average Bonchev–Trinajstić information content (AvgIpc) is 2.55. The third-order valence-corrected chi connectivity index (χ3v) is 2.84. The molecule has 7 heteroatoms. The number of anilines is 1. The van der Waals surface area contributed by atoms with E-state index in [2.05, 4.69) is 15.3 Å². The van der Waals surface area contributed by atoms with Crippen molar-refractivity contribution < 1.29 is 19.1 Å². The fraction of sp³-hybridized carbons (Fsp3) is 0.250. The SMILES string of the molecule is CCOC(=O)C(=CNc1ccc2nccnc2c1)C(=O)OCC. The molecule has 0 spiro atoms. The summed E-state index contributed by atoms with van der Waals surface area (Å²) in [5, 5.41) is 2.88. The van der Waals surface area contributed by atoms with Gasteiger partial charge in [-0.05, 0) is 32.0 Å². The number of ether oxygens (including phenoxy) is 2. The topological polar surface area (TPSA) is 90.4 Å². The summed E-state index contributed by atoms with van der Waals surface area (Å²) in [6, 6.07) is 5.31. The predicted molar refractivity (Wildman–Crippen MR) is 84.5 cm³/mol. The Morgan fingerprint density at radius 2 is 1.65 bits per heavy atom. The number of esters is 2. The molecular weight excluding hydrogens is 298 g/mol. The lowest BCUT2D eigenvalue weighted by Crippen LogP contribution is -2.19. The summed E-state index contributed by atoms with van der Waals surface area (Å²) in [7, 11) is 0. The first kappa shape index (κ1) is 16.4. The summed E-state index contributed by atoms with van der Waals surface area (Å²) in [6.45, 7) is 3.66. The maximum atomic E-state index is 11.8. The maximum Gasteiger partial charge on any atom is 0.347 e. The Morgan fingerprint density at radius 1 is 1.04 bits per heavy atom. The van der Waals surface area contributed by atoms with E-state index in [0.717, 1.165) is 5.52 Å². The van der Waals surface area contributed by atoms with E-state index in [4.69, 9.17) is 9.47 Å². The summed E-state index contributed by atoms with van der Waals surface area (Å²) in [5.74, 6) is -1.47. The fourth-order valence-corrected chi connectivity index (χ4v) is 1.83. The van der Waals surface area contributed by atoms with Gasteiger partial charge in [0.25, 0.3) is 0 Å². The van der Waals surface area contributed by atoms with E-state index < -0.39 is 11.9 Å². The molecule has 1 aromatic heterocycles. The van der Waals surface area contributed by atoms with E-state index in [1.54, 1.807) is 44.4 Å². The molecule has 0 unspecified atom stereocenters. The number of aromatic nitrogens is 2. The van der Waals surface area contributed by atoms with E-state index in [0.29, 0.717) is 11.2 Å². The third kappa shape index (κ3) is 4.26. The predicted octanol–water partition coefficient (Wildman–Crippen LogP) is 2.05. The summed E-state index contributed by atoms with van der Waals surface area (Å²) >= 11 is 0. The Bertz CT molecular complexity index is 723. The maximum absolute atomic E-state index is 11.8. The molecule has 0 aliphatic carbocycles. The number of carbonyl (C=O) groups excluding carboxylic acids is 2. The first-order valence-corrected chi connectivity index (χ1v) is 7.17. The molecule has 7 nitrogen and oxygen atoms in total. The van der Waals surface area contributed by atoms with Gasteiger partial charge in [-0.2, -0.15) is 0 Å².